The first kappa shape index (κ1) is 14.3. The van der Waals surface area contributed by atoms with E-state index in [2.05, 4.69) is 0 Å². The second-order valence-electron chi connectivity index (χ2n) is 5.02. The minimum absolute atomic E-state index is 0.203. The van der Waals surface area contributed by atoms with E-state index in [1.807, 2.05) is 0 Å². The molecule has 1 atom stereocenters. The highest BCUT2D eigenvalue weighted by Crippen LogP contribution is 2.31. The van der Waals surface area contributed by atoms with Crippen molar-refractivity contribution in [3.8, 4) is 0 Å². The van der Waals surface area contributed by atoms with Crippen molar-refractivity contribution in [1.82, 2.24) is 0 Å². The molecule has 2 nitrogen and oxygen atoms in total. The van der Waals surface area contributed by atoms with Crippen molar-refractivity contribution >= 4 is 0 Å². The van der Waals surface area contributed by atoms with Crippen LogP contribution in [0, 0.1) is 5.92 Å². The number of ether oxygens (including phenoxy) is 1. The monoisotopic (exact) mass is 273 g/mol. The van der Waals surface area contributed by atoms with Crippen molar-refractivity contribution < 1.29 is 17.9 Å². The molecule has 19 heavy (non-hydrogen) atoms. The van der Waals surface area contributed by atoms with Crippen molar-refractivity contribution in [2.75, 3.05) is 13.2 Å². The standard InChI is InChI=1S/C14H18F3NO/c15-14(16,17)12-3-1-11(2-4-12)13(18)9-10-5-7-19-8-6-10/h1-4,10,13H,5-9,18H2. The van der Waals surface area contributed by atoms with E-state index in [0.29, 0.717) is 5.92 Å². The zero-order valence-corrected chi connectivity index (χ0v) is 10.6. The first-order chi connectivity index (χ1) is 8.97. The topological polar surface area (TPSA) is 35.2 Å². The molecular formula is C14H18F3NO. The molecule has 1 aliphatic rings. The average molecular weight is 273 g/mol. The fourth-order valence-corrected chi connectivity index (χ4v) is 2.40. The lowest BCUT2D eigenvalue weighted by atomic mass is 9.90. The second-order valence-corrected chi connectivity index (χ2v) is 5.02. The highest BCUT2D eigenvalue weighted by molar-refractivity contribution is 5.26. The molecule has 1 saturated heterocycles. The molecule has 1 heterocycles. The zero-order valence-electron chi connectivity index (χ0n) is 10.6. The summed E-state index contributed by atoms with van der Waals surface area (Å²) in [5.74, 6) is 0.506. The van der Waals surface area contributed by atoms with Crippen LogP contribution in [-0.4, -0.2) is 13.2 Å². The lowest BCUT2D eigenvalue weighted by molar-refractivity contribution is -0.137. The van der Waals surface area contributed by atoms with Crippen LogP contribution in [0.4, 0.5) is 13.2 Å². The first-order valence-electron chi connectivity index (χ1n) is 6.47. The largest absolute Gasteiger partial charge is 0.416 e. The maximum Gasteiger partial charge on any atom is 0.416 e. The van der Waals surface area contributed by atoms with E-state index in [-0.39, 0.29) is 6.04 Å². The third-order valence-electron chi connectivity index (χ3n) is 3.59. The van der Waals surface area contributed by atoms with Gasteiger partial charge in [0.25, 0.3) is 0 Å². The van der Waals surface area contributed by atoms with Gasteiger partial charge < -0.3 is 10.5 Å². The lowest BCUT2D eigenvalue weighted by Crippen LogP contribution is -2.21. The Morgan fingerprint density at radius 3 is 2.26 bits per heavy atom. The molecule has 0 amide bonds. The summed E-state index contributed by atoms with van der Waals surface area (Å²) in [5, 5.41) is 0. The zero-order chi connectivity index (χ0) is 13.9. The maximum absolute atomic E-state index is 12.4. The van der Waals surface area contributed by atoms with Crippen LogP contribution in [0.25, 0.3) is 0 Å². The van der Waals surface area contributed by atoms with Crippen LogP contribution < -0.4 is 5.73 Å². The maximum atomic E-state index is 12.4. The third-order valence-corrected chi connectivity index (χ3v) is 3.59. The fourth-order valence-electron chi connectivity index (χ4n) is 2.40. The van der Waals surface area contributed by atoms with E-state index in [9.17, 15) is 13.2 Å². The molecule has 2 rings (SSSR count). The minimum Gasteiger partial charge on any atom is -0.381 e. The molecule has 0 bridgehead atoms. The number of hydrogen-bond acceptors (Lipinski definition) is 2. The Morgan fingerprint density at radius 1 is 1.16 bits per heavy atom. The van der Waals surface area contributed by atoms with Crippen molar-refractivity contribution in [2.45, 2.75) is 31.5 Å². The van der Waals surface area contributed by atoms with E-state index >= 15 is 0 Å². The van der Waals surface area contributed by atoms with Crippen molar-refractivity contribution in [2.24, 2.45) is 11.7 Å². The lowest BCUT2D eigenvalue weighted by Gasteiger charge is -2.25. The molecule has 0 saturated carbocycles. The molecule has 0 aliphatic carbocycles. The summed E-state index contributed by atoms with van der Waals surface area (Å²) in [5.41, 5.74) is 6.20. The summed E-state index contributed by atoms with van der Waals surface area (Å²) >= 11 is 0. The number of rotatable bonds is 3. The quantitative estimate of drug-likeness (QED) is 0.914. The van der Waals surface area contributed by atoms with Gasteiger partial charge in [0.1, 0.15) is 0 Å². The van der Waals surface area contributed by atoms with Gasteiger partial charge >= 0.3 is 6.18 Å². The van der Waals surface area contributed by atoms with Crippen molar-refractivity contribution in [3.05, 3.63) is 35.4 Å². The summed E-state index contributed by atoms with van der Waals surface area (Å²) < 4.78 is 42.6. The third kappa shape index (κ3) is 3.94. The summed E-state index contributed by atoms with van der Waals surface area (Å²) in [6, 6.07) is 4.95. The Hall–Kier alpha value is -1.07. The Bertz CT molecular complexity index is 396. The van der Waals surface area contributed by atoms with Gasteiger partial charge in [-0.15, -0.1) is 0 Å². The van der Waals surface area contributed by atoms with Gasteiger partial charge in [0.05, 0.1) is 5.56 Å². The summed E-state index contributed by atoms with van der Waals surface area (Å²) in [4.78, 5) is 0. The molecule has 1 aromatic rings. The Balaban J connectivity index is 1.97. The van der Waals surface area contributed by atoms with Gasteiger partial charge in [0.2, 0.25) is 0 Å². The number of nitrogens with two attached hydrogens (primary N) is 1. The first-order valence-corrected chi connectivity index (χ1v) is 6.47. The van der Waals surface area contributed by atoms with Gasteiger partial charge in [-0.1, -0.05) is 12.1 Å². The molecule has 2 N–H and O–H groups in total. The van der Waals surface area contributed by atoms with Gasteiger partial charge in [-0.2, -0.15) is 13.2 Å². The molecule has 1 fully saturated rings. The average Bonchev–Trinajstić information content (AvgIpc) is 2.39. The van der Waals surface area contributed by atoms with Crippen LogP contribution in [0.3, 0.4) is 0 Å². The molecule has 1 unspecified atom stereocenters. The SMILES string of the molecule is NC(CC1CCOCC1)c1ccc(C(F)(F)F)cc1. The predicted octanol–water partition coefficient (Wildman–Crippen LogP) is 3.52. The molecule has 1 aromatic carbocycles. The molecule has 0 radical (unpaired) electrons. The number of halogens is 3. The van der Waals surface area contributed by atoms with Crippen LogP contribution in [0.5, 0.6) is 0 Å². The highest BCUT2D eigenvalue weighted by atomic mass is 19.4. The van der Waals surface area contributed by atoms with Crippen LogP contribution in [-0.2, 0) is 10.9 Å². The van der Waals surface area contributed by atoms with E-state index in [4.69, 9.17) is 10.5 Å². The molecule has 0 aromatic heterocycles. The minimum atomic E-state index is -4.29. The van der Waals surface area contributed by atoms with E-state index in [0.717, 1.165) is 50.2 Å². The Kier molecular flexibility index (Phi) is 4.47. The Morgan fingerprint density at radius 2 is 1.74 bits per heavy atom. The van der Waals surface area contributed by atoms with Crippen LogP contribution in [0.1, 0.15) is 36.4 Å². The second kappa shape index (κ2) is 5.92. The fraction of sp³-hybridized carbons (Fsp3) is 0.571. The van der Waals surface area contributed by atoms with Crippen LogP contribution >= 0.6 is 0 Å². The van der Waals surface area contributed by atoms with Gasteiger partial charge in [0.15, 0.2) is 0 Å². The van der Waals surface area contributed by atoms with Gasteiger partial charge in [-0.25, -0.2) is 0 Å². The summed E-state index contributed by atoms with van der Waals surface area (Å²) in [6.07, 6.45) is -1.53. The van der Waals surface area contributed by atoms with Gasteiger partial charge in [0, 0.05) is 19.3 Å². The normalized spacial score (nSPS) is 19.4. The van der Waals surface area contributed by atoms with E-state index in [1.54, 1.807) is 0 Å². The smallest absolute Gasteiger partial charge is 0.381 e. The molecule has 106 valence electrons. The molecular weight excluding hydrogens is 255 g/mol. The predicted molar refractivity (Wildman–Crippen MR) is 66.5 cm³/mol. The van der Waals surface area contributed by atoms with E-state index in [1.165, 1.54) is 12.1 Å². The molecule has 0 spiro atoms. The number of benzene rings is 1. The van der Waals surface area contributed by atoms with Gasteiger partial charge in [-0.05, 0) is 42.9 Å². The van der Waals surface area contributed by atoms with Crippen molar-refractivity contribution in [3.63, 3.8) is 0 Å². The van der Waals surface area contributed by atoms with Crippen molar-refractivity contribution in [1.29, 1.82) is 0 Å². The highest BCUT2D eigenvalue weighted by Gasteiger charge is 2.30. The summed E-state index contributed by atoms with van der Waals surface area (Å²) in [7, 11) is 0. The van der Waals surface area contributed by atoms with Crippen LogP contribution in [0.2, 0.25) is 0 Å². The Labute approximate surface area is 110 Å². The number of alkyl halides is 3. The summed E-state index contributed by atoms with van der Waals surface area (Å²) in [6.45, 7) is 1.51. The van der Waals surface area contributed by atoms with Gasteiger partial charge in [-0.3, -0.25) is 0 Å². The molecule has 5 heteroatoms. The number of hydrogen-bond donors (Lipinski definition) is 1. The van der Waals surface area contributed by atoms with Crippen LogP contribution in [0.15, 0.2) is 24.3 Å². The molecule has 1 aliphatic heterocycles. The van der Waals surface area contributed by atoms with E-state index < -0.39 is 11.7 Å².